The lowest BCUT2D eigenvalue weighted by Crippen LogP contribution is -2.10. The van der Waals surface area contributed by atoms with E-state index in [1.54, 1.807) is 6.92 Å². The van der Waals surface area contributed by atoms with Crippen LogP contribution in [-0.2, 0) is 10.2 Å². The first kappa shape index (κ1) is 18.6. The molecule has 2 rings (SSSR count). The lowest BCUT2D eigenvalue weighted by Gasteiger charge is -2.19. The fraction of sp³-hybridized carbons (Fsp3) is 0.368. The highest BCUT2D eigenvalue weighted by molar-refractivity contribution is 7.99. The van der Waals surface area contributed by atoms with Gasteiger partial charge in [-0.15, -0.1) is 23.1 Å². The van der Waals surface area contributed by atoms with Crippen molar-refractivity contribution in [2.75, 3.05) is 12.4 Å². The molecule has 0 spiro atoms. The SMILES string of the molecule is CCOC(=O)c1scc(SCC#N)c1-c1ccc(C(C)(C)C)cc1. The van der Waals surface area contributed by atoms with E-state index >= 15 is 0 Å². The van der Waals surface area contributed by atoms with E-state index in [-0.39, 0.29) is 11.4 Å². The van der Waals surface area contributed by atoms with Gasteiger partial charge in [0.25, 0.3) is 0 Å². The fourth-order valence-electron chi connectivity index (χ4n) is 2.32. The van der Waals surface area contributed by atoms with E-state index in [0.717, 1.165) is 16.0 Å². The van der Waals surface area contributed by atoms with Crippen molar-refractivity contribution in [2.24, 2.45) is 0 Å². The van der Waals surface area contributed by atoms with E-state index in [1.807, 2.05) is 17.5 Å². The number of thiophene rings is 1. The molecule has 0 unspecified atom stereocenters. The van der Waals surface area contributed by atoms with Crippen LogP contribution in [0.2, 0.25) is 0 Å². The normalized spacial score (nSPS) is 11.1. The summed E-state index contributed by atoms with van der Waals surface area (Å²) in [6, 6.07) is 10.4. The second kappa shape index (κ2) is 7.87. The molecule has 0 aliphatic heterocycles. The molecule has 0 fully saturated rings. The molecule has 3 nitrogen and oxygen atoms in total. The number of hydrogen-bond acceptors (Lipinski definition) is 5. The number of nitrogens with zero attached hydrogens (tertiary/aromatic N) is 1. The molecule has 0 aliphatic rings. The quantitative estimate of drug-likeness (QED) is 0.522. The predicted molar refractivity (Wildman–Crippen MR) is 101 cm³/mol. The number of hydrogen-bond donors (Lipinski definition) is 0. The molecule has 1 aromatic heterocycles. The summed E-state index contributed by atoms with van der Waals surface area (Å²) >= 11 is 2.82. The van der Waals surface area contributed by atoms with Gasteiger partial charge in [-0.1, -0.05) is 45.0 Å². The standard InChI is InChI=1S/C19H21NO2S2/c1-5-22-18(21)17-16(15(12-24-17)23-11-10-20)13-6-8-14(9-7-13)19(2,3)4/h6-9,12H,5,11H2,1-4H3. The van der Waals surface area contributed by atoms with Gasteiger partial charge in [0, 0.05) is 15.8 Å². The third kappa shape index (κ3) is 4.19. The summed E-state index contributed by atoms with van der Waals surface area (Å²) in [6.07, 6.45) is 0. The molecule has 24 heavy (non-hydrogen) atoms. The van der Waals surface area contributed by atoms with Gasteiger partial charge < -0.3 is 4.74 Å². The van der Waals surface area contributed by atoms with E-state index < -0.39 is 0 Å². The third-order valence-corrected chi connectivity index (χ3v) is 5.57. The lowest BCUT2D eigenvalue weighted by atomic mass is 9.86. The Morgan fingerprint density at radius 2 is 1.96 bits per heavy atom. The lowest BCUT2D eigenvalue weighted by molar-refractivity contribution is 0.0533. The monoisotopic (exact) mass is 359 g/mol. The molecule has 1 heterocycles. The first-order valence-corrected chi connectivity index (χ1v) is 9.64. The summed E-state index contributed by atoms with van der Waals surface area (Å²) in [5, 5.41) is 10.8. The Balaban J connectivity index is 2.47. The number of ether oxygens (including phenoxy) is 1. The minimum absolute atomic E-state index is 0.0789. The third-order valence-electron chi connectivity index (χ3n) is 3.55. The van der Waals surface area contributed by atoms with E-state index in [2.05, 4.69) is 39.0 Å². The molecule has 0 atom stereocenters. The topological polar surface area (TPSA) is 50.1 Å². The first-order chi connectivity index (χ1) is 11.4. The Kier molecular flexibility index (Phi) is 6.09. The summed E-state index contributed by atoms with van der Waals surface area (Å²) in [6.45, 7) is 8.66. The smallest absolute Gasteiger partial charge is 0.348 e. The zero-order chi connectivity index (χ0) is 17.7. The van der Waals surface area contributed by atoms with Crippen molar-refractivity contribution in [3.05, 3.63) is 40.1 Å². The maximum Gasteiger partial charge on any atom is 0.348 e. The second-order valence-electron chi connectivity index (χ2n) is 6.30. The highest BCUT2D eigenvalue weighted by Crippen LogP contribution is 2.40. The van der Waals surface area contributed by atoms with Gasteiger partial charge in [-0.3, -0.25) is 0 Å². The summed E-state index contributed by atoms with van der Waals surface area (Å²) in [4.78, 5) is 13.8. The molecule has 0 N–H and O–H groups in total. The Hall–Kier alpha value is -1.77. The largest absolute Gasteiger partial charge is 0.462 e. The van der Waals surface area contributed by atoms with Gasteiger partial charge in [0.1, 0.15) is 4.88 Å². The summed E-state index contributed by atoms with van der Waals surface area (Å²) in [5.74, 6) is 0.0488. The molecule has 126 valence electrons. The van der Waals surface area contributed by atoms with Gasteiger partial charge >= 0.3 is 5.97 Å². The van der Waals surface area contributed by atoms with Crippen LogP contribution in [0.25, 0.3) is 11.1 Å². The number of thioether (sulfide) groups is 1. The van der Waals surface area contributed by atoms with E-state index in [9.17, 15) is 4.79 Å². The van der Waals surface area contributed by atoms with Gasteiger partial charge in [0.05, 0.1) is 18.4 Å². The van der Waals surface area contributed by atoms with Gasteiger partial charge in [-0.25, -0.2) is 4.79 Å². The molecule has 2 aromatic rings. The molecule has 1 aromatic carbocycles. The Bertz CT molecular complexity index is 749. The maximum atomic E-state index is 12.3. The number of benzene rings is 1. The van der Waals surface area contributed by atoms with Crippen LogP contribution in [0.5, 0.6) is 0 Å². The van der Waals surface area contributed by atoms with Crippen LogP contribution in [0.4, 0.5) is 0 Å². The van der Waals surface area contributed by atoms with Crippen LogP contribution in [0.15, 0.2) is 34.5 Å². The highest BCUT2D eigenvalue weighted by Gasteiger charge is 2.21. The average Bonchev–Trinajstić information content (AvgIpc) is 2.96. The van der Waals surface area contributed by atoms with Crippen molar-refractivity contribution < 1.29 is 9.53 Å². The zero-order valence-corrected chi connectivity index (χ0v) is 16.0. The molecule has 0 radical (unpaired) electrons. The zero-order valence-electron chi connectivity index (χ0n) is 14.4. The highest BCUT2D eigenvalue weighted by atomic mass is 32.2. The predicted octanol–water partition coefficient (Wildman–Crippen LogP) is 5.50. The van der Waals surface area contributed by atoms with Crippen molar-refractivity contribution in [1.29, 1.82) is 5.26 Å². The van der Waals surface area contributed by atoms with Gasteiger partial charge in [-0.05, 0) is 23.5 Å². The van der Waals surface area contributed by atoms with Gasteiger partial charge in [-0.2, -0.15) is 5.26 Å². The number of carbonyl (C=O) groups excluding carboxylic acids is 1. The van der Waals surface area contributed by atoms with Crippen molar-refractivity contribution >= 4 is 29.1 Å². The number of esters is 1. The number of carbonyl (C=O) groups is 1. The maximum absolute atomic E-state index is 12.3. The molecule has 0 aliphatic carbocycles. The number of nitriles is 1. The summed E-state index contributed by atoms with van der Waals surface area (Å²) in [5.41, 5.74) is 3.17. The molecule has 0 saturated heterocycles. The van der Waals surface area contributed by atoms with E-state index in [1.165, 1.54) is 28.7 Å². The van der Waals surface area contributed by atoms with Crippen LogP contribution in [0, 0.1) is 11.3 Å². The molecule has 0 saturated carbocycles. The minimum atomic E-state index is -0.304. The van der Waals surface area contributed by atoms with E-state index in [0.29, 0.717) is 17.2 Å². The van der Waals surface area contributed by atoms with Crippen LogP contribution in [0.3, 0.4) is 0 Å². The van der Waals surface area contributed by atoms with Crippen molar-refractivity contribution in [1.82, 2.24) is 0 Å². The van der Waals surface area contributed by atoms with Crippen molar-refractivity contribution in [3.8, 4) is 17.2 Å². The van der Waals surface area contributed by atoms with Crippen LogP contribution >= 0.6 is 23.1 Å². The Labute approximate surface area is 151 Å². The van der Waals surface area contributed by atoms with E-state index in [4.69, 9.17) is 10.00 Å². The molecule has 0 amide bonds. The summed E-state index contributed by atoms with van der Waals surface area (Å²) in [7, 11) is 0. The minimum Gasteiger partial charge on any atom is -0.462 e. The van der Waals surface area contributed by atoms with Crippen LogP contribution < -0.4 is 0 Å². The molecular weight excluding hydrogens is 338 g/mol. The van der Waals surface area contributed by atoms with Crippen molar-refractivity contribution in [2.45, 2.75) is 38.0 Å². The van der Waals surface area contributed by atoms with Gasteiger partial charge in [0.2, 0.25) is 0 Å². The van der Waals surface area contributed by atoms with Crippen LogP contribution in [-0.4, -0.2) is 18.3 Å². The number of rotatable bonds is 5. The summed E-state index contributed by atoms with van der Waals surface area (Å²) < 4.78 is 5.18. The Morgan fingerprint density at radius 3 is 2.50 bits per heavy atom. The second-order valence-corrected chi connectivity index (χ2v) is 8.20. The van der Waals surface area contributed by atoms with Crippen LogP contribution in [0.1, 0.15) is 42.9 Å². The van der Waals surface area contributed by atoms with Gasteiger partial charge in [0.15, 0.2) is 0 Å². The first-order valence-electron chi connectivity index (χ1n) is 7.77. The van der Waals surface area contributed by atoms with Crippen molar-refractivity contribution in [3.63, 3.8) is 0 Å². The Morgan fingerprint density at radius 1 is 1.29 bits per heavy atom. The average molecular weight is 360 g/mol. The molecule has 5 heteroatoms. The molecule has 0 bridgehead atoms. The molecular formula is C19H21NO2S2. The fourth-order valence-corrected chi connectivity index (χ4v) is 4.22.